The van der Waals surface area contributed by atoms with E-state index in [-0.39, 0.29) is 11.2 Å². The Morgan fingerprint density at radius 2 is 1.71 bits per heavy atom. The van der Waals surface area contributed by atoms with Crippen molar-refractivity contribution in [2.75, 3.05) is 12.3 Å². The van der Waals surface area contributed by atoms with E-state index >= 15 is 0 Å². The minimum Gasteiger partial charge on any atom is -0.313 e. The van der Waals surface area contributed by atoms with Crippen LogP contribution >= 0.6 is 0 Å². The largest absolute Gasteiger partial charge is 0.313 e. The van der Waals surface area contributed by atoms with Gasteiger partial charge >= 0.3 is 0 Å². The minimum atomic E-state index is -2.92. The molecule has 17 heavy (non-hydrogen) atoms. The molecule has 1 unspecified atom stereocenters. The lowest BCUT2D eigenvalue weighted by atomic mass is 9.95. The molecule has 1 saturated carbocycles. The molecule has 0 spiro atoms. The van der Waals surface area contributed by atoms with Crippen molar-refractivity contribution in [3.05, 3.63) is 0 Å². The summed E-state index contributed by atoms with van der Waals surface area (Å²) in [6.07, 6.45) is 6.31. The molecule has 102 valence electrons. The van der Waals surface area contributed by atoms with Crippen LogP contribution in [0.4, 0.5) is 0 Å². The fourth-order valence-electron chi connectivity index (χ4n) is 2.40. The molecule has 1 atom stereocenters. The van der Waals surface area contributed by atoms with Gasteiger partial charge in [0.1, 0.15) is 0 Å². The Morgan fingerprint density at radius 3 is 2.24 bits per heavy atom. The summed E-state index contributed by atoms with van der Waals surface area (Å²) in [6.45, 7) is 6.35. The van der Waals surface area contributed by atoms with Crippen LogP contribution < -0.4 is 5.32 Å². The third kappa shape index (κ3) is 5.38. The Labute approximate surface area is 106 Å². The molecule has 0 aromatic heterocycles. The molecule has 4 heteroatoms. The summed E-state index contributed by atoms with van der Waals surface area (Å²) in [4.78, 5) is 0. The molecular formula is C13H27NO2S. The number of nitrogens with one attached hydrogen (secondary N) is 1. The Balaban J connectivity index is 2.35. The van der Waals surface area contributed by atoms with Gasteiger partial charge in [-0.2, -0.15) is 0 Å². The lowest BCUT2D eigenvalue weighted by Gasteiger charge is -2.24. The monoisotopic (exact) mass is 261 g/mol. The highest BCUT2D eigenvalue weighted by atomic mass is 32.2. The summed E-state index contributed by atoms with van der Waals surface area (Å²) < 4.78 is 23.9. The van der Waals surface area contributed by atoms with Crippen molar-refractivity contribution < 1.29 is 8.42 Å². The lowest BCUT2D eigenvalue weighted by molar-refractivity contribution is 0.374. The van der Waals surface area contributed by atoms with Crippen LogP contribution in [0.5, 0.6) is 0 Å². The fourth-order valence-corrected chi connectivity index (χ4v) is 4.00. The highest BCUT2D eigenvalue weighted by Crippen LogP contribution is 2.17. The zero-order valence-corrected chi connectivity index (χ0v) is 12.2. The Kier molecular flexibility index (Phi) is 5.93. The van der Waals surface area contributed by atoms with E-state index < -0.39 is 9.84 Å². The van der Waals surface area contributed by atoms with Crippen molar-refractivity contribution in [3.63, 3.8) is 0 Å². The maximum absolute atomic E-state index is 12.0. The number of sulfone groups is 1. The van der Waals surface area contributed by atoms with Gasteiger partial charge in [0.25, 0.3) is 0 Å². The third-order valence-electron chi connectivity index (χ3n) is 3.48. The van der Waals surface area contributed by atoms with Crippen molar-refractivity contribution in [2.45, 2.75) is 64.2 Å². The van der Waals surface area contributed by atoms with Crippen LogP contribution in [0.25, 0.3) is 0 Å². The number of hydrogen-bond acceptors (Lipinski definition) is 3. The summed E-state index contributed by atoms with van der Waals surface area (Å²) in [5, 5.41) is 3.16. The summed E-state index contributed by atoms with van der Waals surface area (Å²) in [6, 6.07) is 0.542. The average molecular weight is 261 g/mol. The van der Waals surface area contributed by atoms with Crippen LogP contribution in [0.2, 0.25) is 0 Å². The Hall–Kier alpha value is -0.0900. The molecular weight excluding hydrogens is 234 g/mol. The van der Waals surface area contributed by atoms with Crippen LogP contribution in [0, 0.1) is 5.92 Å². The van der Waals surface area contributed by atoms with Gasteiger partial charge in [-0.05, 0) is 25.7 Å². The smallest absolute Gasteiger partial charge is 0.154 e. The summed E-state index contributed by atoms with van der Waals surface area (Å²) in [5.41, 5.74) is 0. The molecule has 1 aliphatic carbocycles. The number of hydrogen-bond donors (Lipinski definition) is 1. The molecule has 1 rings (SSSR count). The fraction of sp³-hybridized carbons (Fsp3) is 1.00. The maximum Gasteiger partial charge on any atom is 0.154 e. The van der Waals surface area contributed by atoms with Gasteiger partial charge < -0.3 is 5.32 Å². The van der Waals surface area contributed by atoms with E-state index in [9.17, 15) is 8.42 Å². The van der Waals surface area contributed by atoms with Gasteiger partial charge in [-0.15, -0.1) is 0 Å². The second-order valence-corrected chi connectivity index (χ2v) is 8.24. The molecule has 3 nitrogen and oxygen atoms in total. The standard InChI is InChI=1S/C13H27NO2S/c1-11(2)10-17(15,16)12(3)9-14-13-7-5-4-6-8-13/h11-14H,4-10H2,1-3H3. The quantitative estimate of drug-likeness (QED) is 0.798. The SMILES string of the molecule is CC(C)CS(=O)(=O)C(C)CNC1CCCCC1. The van der Waals surface area contributed by atoms with E-state index in [1.54, 1.807) is 0 Å². The van der Waals surface area contributed by atoms with E-state index in [0.29, 0.717) is 18.3 Å². The highest BCUT2D eigenvalue weighted by Gasteiger charge is 2.23. The molecule has 0 aromatic carbocycles. The molecule has 0 saturated heterocycles. The normalized spacial score (nSPS) is 20.7. The second-order valence-electron chi connectivity index (χ2n) is 5.78. The molecule has 0 heterocycles. The van der Waals surface area contributed by atoms with Crippen LogP contribution in [0.3, 0.4) is 0 Å². The predicted octanol–water partition coefficient (Wildman–Crippen LogP) is 2.37. The first kappa shape index (κ1) is 15.0. The van der Waals surface area contributed by atoms with Gasteiger partial charge in [-0.25, -0.2) is 8.42 Å². The van der Waals surface area contributed by atoms with Crippen LogP contribution in [-0.4, -0.2) is 32.0 Å². The maximum atomic E-state index is 12.0. The molecule has 1 aliphatic rings. The molecule has 1 fully saturated rings. The van der Waals surface area contributed by atoms with E-state index in [2.05, 4.69) is 5.32 Å². The van der Waals surface area contributed by atoms with Gasteiger partial charge in [-0.3, -0.25) is 0 Å². The van der Waals surface area contributed by atoms with Crippen LogP contribution in [0.15, 0.2) is 0 Å². The van der Waals surface area contributed by atoms with Crippen molar-refractivity contribution in [1.29, 1.82) is 0 Å². The zero-order chi connectivity index (χ0) is 12.9. The van der Waals surface area contributed by atoms with Crippen LogP contribution in [0.1, 0.15) is 52.9 Å². The Morgan fingerprint density at radius 1 is 1.12 bits per heavy atom. The zero-order valence-electron chi connectivity index (χ0n) is 11.4. The Bertz CT molecular complexity index is 305. The van der Waals surface area contributed by atoms with Gasteiger partial charge in [0.2, 0.25) is 0 Å². The van der Waals surface area contributed by atoms with E-state index in [1.807, 2.05) is 20.8 Å². The number of rotatable bonds is 6. The first-order valence-corrected chi connectivity index (χ1v) is 8.58. The van der Waals surface area contributed by atoms with E-state index in [4.69, 9.17) is 0 Å². The van der Waals surface area contributed by atoms with Gasteiger partial charge in [0.15, 0.2) is 9.84 Å². The predicted molar refractivity (Wildman–Crippen MR) is 73.0 cm³/mol. The first-order chi connectivity index (χ1) is 7.92. The molecule has 0 bridgehead atoms. The van der Waals surface area contributed by atoms with Gasteiger partial charge in [0, 0.05) is 12.6 Å². The molecule has 0 amide bonds. The molecule has 0 aromatic rings. The second kappa shape index (κ2) is 6.74. The van der Waals surface area contributed by atoms with Gasteiger partial charge in [-0.1, -0.05) is 33.1 Å². The topological polar surface area (TPSA) is 46.2 Å². The first-order valence-electron chi connectivity index (χ1n) is 6.86. The summed E-state index contributed by atoms with van der Waals surface area (Å²) in [7, 11) is -2.92. The highest BCUT2D eigenvalue weighted by molar-refractivity contribution is 7.92. The van der Waals surface area contributed by atoms with Crippen molar-refractivity contribution in [2.24, 2.45) is 5.92 Å². The van der Waals surface area contributed by atoms with E-state index in [1.165, 1.54) is 32.1 Å². The minimum absolute atomic E-state index is 0.220. The molecule has 1 N–H and O–H groups in total. The van der Waals surface area contributed by atoms with E-state index in [0.717, 1.165) is 0 Å². The lowest BCUT2D eigenvalue weighted by Crippen LogP contribution is -2.39. The van der Waals surface area contributed by atoms with Crippen molar-refractivity contribution in [3.8, 4) is 0 Å². The summed E-state index contributed by atoms with van der Waals surface area (Å²) in [5.74, 6) is 0.526. The van der Waals surface area contributed by atoms with Crippen LogP contribution in [-0.2, 0) is 9.84 Å². The molecule has 0 aliphatic heterocycles. The molecule has 0 radical (unpaired) electrons. The third-order valence-corrected chi connectivity index (χ3v) is 6.00. The average Bonchev–Trinajstić information content (AvgIpc) is 2.25. The van der Waals surface area contributed by atoms with Gasteiger partial charge in [0.05, 0.1) is 11.0 Å². The summed E-state index contributed by atoms with van der Waals surface area (Å²) >= 11 is 0. The van der Waals surface area contributed by atoms with Crippen molar-refractivity contribution >= 4 is 9.84 Å². The van der Waals surface area contributed by atoms with Crippen molar-refractivity contribution in [1.82, 2.24) is 5.32 Å².